The van der Waals surface area contributed by atoms with Crippen molar-refractivity contribution in [2.24, 2.45) is 11.7 Å². The molecule has 1 rings (SSSR count). The van der Waals surface area contributed by atoms with Crippen molar-refractivity contribution >= 4 is 5.91 Å². The molecule has 4 nitrogen and oxygen atoms in total. The van der Waals surface area contributed by atoms with Crippen LogP contribution in [0.4, 0.5) is 0 Å². The summed E-state index contributed by atoms with van der Waals surface area (Å²) in [5, 5.41) is 9.03. The van der Waals surface area contributed by atoms with E-state index in [2.05, 4.69) is 6.92 Å². The van der Waals surface area contributed by atoms with Crippen LogP contribution < -0.4 is 5.73 Å². The minimum atomic E-state index is -0.711. The van der Waals surface area contributed by atoms with Crippen molar-refractivity contribution in [3.63, 3.8) is 0 Å². The second kappa shape index (κ2) is 5.83. The number of hydrogen-bond donors (Lipinski definition) is 2. The molecule has 0 aromatic rings. The van der Waals surface area contributed by atoms with Crippen molar-refractivity contribution in [1.29, 1.82) is 0 Å². The van der Waals surface area contributed by atoms with Gasteiger partial charge >= 0.3 is 0 Å². The van der Waals surface area contributed by atoms with E-state index < -0.39 is 5.54 Å². The molecular weight excluding hydrogens is 216 g/mol. The molecule has 0 aromatic heterocycles. The summed E-state index contributed by atoms with van der Waals surface area (Å²) in [6, 6.07) is 0.0901. The van der Waals surface area contributed by atoms with Gasteiger partial charge in [-0.25, -0.2) is 0 Å². The molecule has 1 saturated carbocycles. The molecule has 0 bridgehead atoms. The molecule has 0 heterocycles. The normalized spacial score (nSPS) is 29.4. The summed E-state index contributed by atoms with van der Waals surface area (Å²) in [7, 11) is 0. The molecule has 0 aromatic carbocycles. The van der Waals surface area contributed by atoms with Gasteiger partial charge in [0.05, 0.1) is 12.1 Å². The molecule has 2 unspecified atom stereocenters. The number of rotatable bonds is 4. The maximum Gasteiger partial charge on any atom is 0.242 e. The molecule has 100 valence electrons. The van der Waals surface area contributed by atoms with Crippen LogP contribution in [-0.2, 0) is 4.79 Å². The molecule has 0 aliphatic heterocycles. The molecular formula is C13H26N2O2. The molecule has 17 heavy (non-hydrogen) atoms. The molecule has 1 aliphatic rings. The van der Waals surface area contributed by atoms with Crippen molar-refractivity contribution in [2.45, 2.75) is 58.0 Å². The number of carbonyl (C=O) groups excluding carboxylic acids is 1. The van der Waals surface area contributed by atoms with E-state index in [1.807, 2.05) is 13.8 Å². The number of nitrogens with two attached hydrogens (primary N) is 1. The maximum absolute atomic E-state index is 12.5. The SMILES string of the molecule is CC1CCCC(N)(C(=O)N(CCO)C(C)C)C1. The molecule has 0 saturated heterocycles. The van der Waals surface area contributed by atoms with E-state index in [4.69, 9.17) is 10.8 Å². The number of hydrogen-bond acceptors (Lipinski definition) is 3. The summed E-state index contributed by atoms with van der Waals surface area (Å²) in [5.74, 6) is 0.522. The molecule has 1 fully saturated rings. The Morgan fingerprint density at radius 1 is 1.59 bits per heavy atom. The Morgan fingerprint density at radius 2 is 2.24 bits per heavy atom. The van der Waals surface area contributed by atoms with E-state index in [1.165, 1.54) is 0 Å². The highest BCUT2D eigenvalue weighted by molar-refractivity contribution is 5.86. The summed E-state index contributed by atoms with van der Waals surface area (Å²) in [4.78, 5) is 14.2. The first-order valence-electron chi connectivity index (χ1n) is 6.61. The molecule has 1 amide bonds. The Morgan fingerprint density at radius 3 is 2.71 bits per heavy atom. The second-order valence-corrected chi connectivity index (χ2v) is 5.67. The fourth-order valence-corrected chi connectivity index (χ4v) is 2.77. The van der Waals surface area contributed by atoms with E-state index in [9.17, 15) is 4.79 Å². The number of amides is 1. The van der Waals surface area contributed by atoms with Gasteiger partial charge in [0, 0.05) is 12.6 Å². The van der Waals surface area contributed by atoms with Crippen molar-refractivity contribution in [1.82, 2.24) is 4.90 Å². The average Bonchev–Trinajstić information content (AvgIpc) is 2.24. The third-order valence-corrected chi connectivity index (χ3v) is 3.68. The standard InChI is InChI=1S/C13H26N2O2/c1-10(2)15(7-8-16)12(17)13(14)6-4-5-11(3)9-13/h10-11,16H,4-9,14H2,1-3H3. The Labute approximate surface area is 104 Å². The van der Waals surface area contributed by atoms with Gasteiger partial charge < -0.3 is 15.7 Å². The van der Waals surface area contributed by atoms with Crippen LogP contribution in [0.2, 0.25) is 0 Å². The zero-order chi connectivity index (χ0) is 13.1. The number of aliphatic hydroxyl groups is 1. The summed E-state index contributed by atoms with van der Waals surface area (Å²) in [6.07, 6.45) is 3.72. The van der Waals surface area contributed by atoms with Crippen molar-refractivity contribution in [3.8, 4) is 0 Å². The fourth-order valence-electron chi connectivity index (χ4n) is 2.77. The summed E-state index contributed by atoms with van der Waals surface area (Å²) in [5.41, 5.74) is 5.58. The second-order valence-electron chi connectivity index (χ2n) is 5.67. The van der Waals surface area contributed by atoms with Gasteiger partial charge in [-0.1, -0.05) is 19.8 Å². The summed E-state index contributed by atoms with van der Waals surface area (Å²) in [6.45, 7) is 6.45. The molecule has 0 radical (unpaired) electrons. The first-order chi connectivity index (χ1) is 7.90. The van der Waals surface area contributed by atoms with E-state index >= 15 is 0 Å². The maximum atomic E-state index is 12.5. The minimum absolute atomic E-state index is 0.00441. The molecule has 4 heteroatoms. The number of aliphatic hydroxyl groups excluding tert-OH is 1. The monoisotopic (exact) mass is 242 g/mol. The van der Waals surface area contributed by atoms with Gasteiger partial charge in [-0.3, -0.25) is 4.79 Å². The van der Waals surface area contributed by atoms with Crippen LogP contribution in [-0.4, -0.2) is 40.6 Å². The molecule has 1 aliphatic carbocycles. The zero-order valence-electron chi connectivity index (χ0n) is 11.3. The van der Waals surface area contributed by atoms with Gasteiger partial charge in [-0.05, 0) is 32.6 Å². The Kier molecular flexibility index (Phi) is 4.95. The highest BCUT2D eigenvalue weighted by atomic mass is 16.3. The third kappa shape index (κ3) is 3.42. The van der Waals surface area contributed by atoms with Crippen LogP contribution in [0.15, 0.2) is 0 Å². The van der Waals surface area contributed by atoms with Crippen LogP contribution >= 0.6 is 0 Å². The summed E-state index contributed by atoms with van der Waals surface area (Å²) >= 11 is 0. The quantitative estimate of drug-likeness (QED) is 0.776. The van der Waals surface area contributed by atoms with Gasteiger partial charge in [0.15, 0.2) is 0 Å². The van der Waals surface area contributed by atoms with E-state index in [-0.39, 0.29) is 18.6 Å². The highest BCUT2D eigenvalue weighted by Crippen LogP contribution is 2.32. The lowest BCUT2D eigenvalue weighted by Crippen LogP contribution is -2.59. The lowest BCUT2D eigenvalue weighted by molar-refractivity contribution is -0.141. The van der Waals surface area contributed by atoms with Gasteiger partial charge in [0.25, 0.3) is 0 Å². The van der Waals surface area contributed by atoms with Crippen LogP contribution in [0.25, 0.3) is 0 Å². The number of carbonyl (C=O) groups is 1. The zero-order valence-corrected chi connectivity index (χ0v) is 11.3. The molecule has 0 spiro atoms. The van der Waals surface area contributed by atoms with Crippen LogP contribution in [0.1, 0.15) is 46.5 Å². The Bertz CT molecular complexity index is 268. The van der Waals surface area contributed by atoms with Crippen molar-refractivity contribution < 1.29 is 9.90 Å². The molecule has 3 N–H and O–H groups in total. The van der Waals surface area contributed by atoms with Crippen molar-refractivity contribution in [3.05, 3.63) is 0 Å². The van der Waals surface area contributed by atoms with Crippen LogP contribution in [0.5, 0.6) is 0 Å². The van der Waals surface area contributed by atoms with Gasteiger partial charge in [-0.2, -0.15) is 0 Å². The lowest BCUT2D eigenvalue weighted by atomic mass is 9.76. The van der Waals surface area contributed by atoms with Crippen LogP contribution in [0.3, 0.4) is 0 Å². The van der Waals surface area contributed by atoms with Gasteiger partial charge in [-0.15, -0.1) is 0 Å². The first kappa shape index (κ1) is 14.5. The first-order valence-corrected chi connectivity index (χ1v) is 6.61. The lowest BCUT2D eigenvalue weighted by Gasteiger charge is -2.40. The molecule has 2 atom stereocenters. The Balaban J connectivity index is 2.77. The summed E-state index contributed by atoms with van der Waals surface area (Å²) < 4.78 is 0. The van der Waals surface area contributed by atoms with E-state index in [0.29, 0.717) is 12.5 Å². The average molecular weight is 242 g/mol. The van der Waals surface area contributed by atoms with Crippen LogP contribution in [0, 0.1) is 5.92 Å². The van der Waals surface area contributed by atoms with Crippen molar-refractivity contribution in [2.75, 3.05) is 13.2 Å². The third-order valence-electron chi connectivity index (χ3n) is 3.68. The van der Waals surface area contributed by atoms with E-state index in [1.54, 1.807) is 4.90 Å². The van der Waals surface area contributed by atoms with E-state index in [0.717, 1.165) is 25.7 Å². The number of nitrogens with zero attached hydrogens (tertiary/aromatic N) is 1. The fraction of sp³-hybridized carbons (Fsp3) is 0.923. The predicted octanol–water partition coefficient (Wildman–Crippen LogP) is 1.12. The predicted molar refractivity (Wildman–Crippen MR) is 68.5 cm³/mol. The van der Waals surface area contributed by atoms with Gasteiger partial charge in [0.2, 0.25) is 5.91 Å². The minimum Gasteiger partial charge on any atom is -0.395 e. The topological polar surface area (TPSA) is 66.6 Å². The largest absolute Gasteiger partial charge is 0.395 e. The highest BCUT2D eigenvalue weighted by Gasteiger charge is 2.40. The Hall–Kier alpha value is -0.610. The van der Waals surface area contributed by atoms with Gasteiger partial charge in [0.1, 0.15) is 0 Å². The smallest absolute Gasteiger partial charge is 0.242 e.